The maximum Gasteiger partial charge on any atom is 0.280 e. The van der Waals surface area contributed by atoms with E-state index in [4.69, 9.17) is 0 Å². The van der Waals surface area contributed by atoms with E-state index in [1.54, 1.807) is 24.3 Å². The molecule has 2 amide bonds. The Kier molecular flexibility index (Phi) is 6.26. The number of anilines is 1. The Bertz CT molecular complexity index is 1030. The number of aryl methyl sites for hydroxylation is 1. The van der Waals surface area contributed by atoms with E-state index in [1.165, 1.54) is 22.4 Å². The zero-order valence-corrected chi connectivity index (χ0v) is 18.0. The van der Waals surface area contributed by atoms with E-state index in [2.05, 4.69) is 14.9 Å². The van der Waals surface area contributed by atoms with Crippen molar-refractivity contribution in [3.05, 3.63) is 76.5 Å². The second-order valence-corrected chi connectivity index (χ2v) is 8.57. The molecule has 3 rings (SSSR count). The number of carbonyl (C=O) groups is 2. The van der Waals surface area contributed by atoms with Crippen molar-refractivity contribution in [2.24, 2.45) is 0 Å². The molecule has 6 nitrogen and oxygen atoms in total. The molecule has 1 heterocycles. The van der Waals surface area contributed by atoms with Crippen molar-refractivity contribution < 1.29 is 14.0 Å². The van der Waals surface area contributed by atoms with Crippen LogP contribution in [0.4, 0.5) is 10.1 Å². The number of nitrogens with zero attached hydrogens (tertiary/aromatic N) is 3. The van der Waals surface area contributed by atoms with Crippen molar-refractivity contribution in [1.29, 1.82) is 0 Å². The summed E-state index contributed by atoms with van der Waals surface area (Å²) >= 11 is 1.03. The van der Waals surface area contributed by atoms with Crippen LogP contribution >= 0.6 is 11.5 Å². The van der Waals surface area contributed by atoms with Crippen LogP contribution in [0.5, 0.6) is 0 Å². The standard InChI is InChI=1S/C22H23FN4O2S/c1-14-9-11-15(12-10-14)27(21(29)18-13-30-26-25-18)19(20(28)24-22(2,3)4)16-7-5-6-8-17(16)23/h5-13,19H,1-4H3,(H,24,28)/t19-/m1/s1. The molecule has 0 saturated carbocycles. The summed E-state index contributed by atoms with van der Waals surface area (Å²) < 4.78 is 18.6. The highest BCUT2D eigenvalue weighted by Gasteiger charge is 2.37. The molecule has 0 saturated heterocycles. The molecule has 156 valence electrons. The molecule has 0 aliphatic carbocycles. The minimum Gasteiger partial charge on any atom is -0.349 e. The topological polar surface area (TPSA) is 75.2 Å². The van der Waals surface area contributed by atoms with Crippen molar-refractivity contribution in [2.45, 2.75) is 39.3 Å². The van der Waals surface area contributed by atoms with Gasteiger partial charge >= 0.3 is 0 Å². The first-order chi connectivity index (χ1) is 14.2. The van der Waals surface area contributed by atoms with E-state index in [1.807, 2.05) is 39.8 Å². The van der Waals surface area contributed by atoms with Gasteiger partial charge in [-0.3, -0.25) is 14.5 Å². The van der Waals surface area contributed by atoms with Crippen LogP contribution < -0.4 is 10.2 Å². The van der Waals surface area contributed by atoms with Crippen LogP contribution in [0.1, 0.15) is 48.4 Å². The van der Waals surface area contributed by atoms with E-state index >= 15 is 0 Å². The van der Waals surface area contributed by atoms with Gasteiger partial charge in [0, 0.05) is 22.2 Å². The highest BCUT2D eigenvalue weighted by atomic mass is 32.1. The average molecular weight is 427 g/mol. The van der Waals surface area contributed by atoms with Gasteiger partial charge in [0.25, 0.3) is 5.91 Å². The molecular formula is C22H23FN4O2S. The smallest absolute Gasteiger partial charge is 0.280 e. The normalized spacial score (nSPS) is 12.3. The van der Waals surface area contributed by atoms with Crippen LogP contribution in [0, 0.1) is 12.7 Å². The molecule has 1 aromatic heterocycles. The first-order valence-corrected chi connectivity index (χ1v) is 10.2. The number of halogens is 1. The number of amides is 2. The van der Waals surface area contributed by atoms with Crippen LogP contribution in [0.15, 0.2) is 53.9 Å². The molecule has 2 aromatic carbocycles. The largest absolute Gasteiger partial charge is 0.349 e. The fraction of sp³-hybridized carbons (Fsp3) is 0.273. The second-order valence-electron chi connectivity index (χ2n) is 7.96. The number of nitrogens with one attached hydrogen (secondary N) is 1. The average Bonchev–Trinajstić information content (AvgIpc) is 3.21. The van der Waals surface area contributed by atoms with Crippen LogP contribution in [-0.4, -0.2) is 26.9 Å². The second kappa shape index (κ2) is 8.71. The lowest BCUT2D eigenvalue weighted by Gasteiger charge is -2.33. The number of hydrogen-bond donors (Lipinski definition) is 1. The van der Waals surface area contributed by atoms with Gasteiger partial charge in [-0.25, -0.2) is 4.39 Å². The Morgan fingerprint density at radius 2 is 1.77 bits per heavy atom. The van der Waals surface area contributed by atoms with Crippen LogP contribution in [0.3, 0.4) is 0 Å². The number of rotatable bonds is 5. The lowest BCUT2D eigenvalue weighted by molar-refractivity contribution is -0.124. The van der Waals surface area contributed by atoms with Crippen molar-refractivity contribution in [2.75, 3.05) is 4.90 Å². The lowest BCUT2D eigenvalue weighted by Crippen LogP contribution is -2.49. The number of aromatic nitrogens is 2. The molecule has 0 fully saturated rings. The molecule has 0 radical (unpaired) electrons. The van der Waals surface area contributed by atoms with E-state index in [0.29, 0.717) is 5.69 Å². The first kappa shape index (κ1) is 21.6. The van der Waals surface area contributed by atoms with Gasteiger partial charge in [-0.05, 0) is 57.4 Å². The Morgan fingerprint density at radius 1 is 1.10 bits per heavy atom. The fourth-order valence-corrected chi connectivity index (χ4v) is 3.43. The highest BCUT2D eigenvalue weighted by Crippen LogP contribution is 2.31. The number of carbonyl (C=O) groups excluding carboxylic acids is 2. The first-order valence-electron chi connectivity index (χ1n) is 9.41. The summed E-state index contributed by atoms with van der Waals surface area (Å²) in [6.07, 6.45) is 0. The van der Waals surface area contributed by atoms with Crippen molar-refractivity contribution in [1.82, 2.24) is 14.9 Å². The van der Waals surface area contributed by atoms with E-state index < -0.39 is 29.2 Å². The molecule has 8 heteroatoms. The van der Waals surface area contributed by atoms with Gasteiger partial charge in [0.05, 0.1) is 0 Å². The SMILES string of the molecule is Cc1ccc(N(C(=O)c2csnn2)[C@@H](C(=O)NC(C)(C)C)c2ccccc2F)cc1. The van der Waals surface area contributed by atoms with Crippen molar-refractivity contribution >= 4 is 29.0 Å². The van der Waals surface area contributed by atoms with Crippen LogP contribution in [-0.2, 0) is 4.79 Å². The summed E-state index contributed by atoms with van der Waals surface area (Å²) in [4.78, 5) is 28.1. The molecule has 0 unspecified atom stereocenters. The summed E-state index contributed by atoms with van der Waals surface area (Å²) in [5, 5.41) is 8.24. The van der Waals surface area contributed by atoms with Gasteiger partial charge in [-0.1, -0.05) is 40.4 Å². The molecule has 1 N–H and O–H groups in total. The predicted octanol–water partition coefficient (Wildman–Crippen LogP) is 4.29. The summed E-state index contributed by atoms with van der Waals surface area (Å²) in [5.74, 6) is -1.61. The molecular weight excluding hydrogens is 403 g/mol. The molecule has 0 spiro atoms. The molecule has 0 aliphatic heterocycles. The maximum atomic E-state index is 14.8. The molecule has 0 aliphatic rings. The van der Waals surface area contributed by atoms with Crippen molar-refractivity contribution in [3.8, 4) is 0 Å². The minimum atomic E-state index is -1.23. The minimum absolute atomic E-state index is 0.0884. The van der Waals surface area contributed by atoms with E-state index in [9.17, 15) is 14.0 Å². The van der Waals surface area contributed by atoms with Crippen molar-refractivity contribution in [3.63, 3.8) is 0 Å². The van der Waals surface area contributed by atoms with Gasteiger partial charge in [0.15, 0.2) is 5.69 Å². The van der Waals surface area contributed by atoms with Gasteiger partial charge in [-0.15, -0.1) is 5.10 Å². The Labute approximate surface area is 178 Å². The third-order valence-electron chi connectivity index (χ3n) is 4.31. The molecule has 0 bridgehead atoms. The number of hydrogen-bond acceptors (Lipinski definition) is 5. The Morgan fingerprint density at radius 3 is 2.33 bits per heavy atom. The third-order valence-corrected chi connectivity index (χ3v) is 4.82. The lowest BCUT2D eigenvalue weighted by atomic mass is 9.99. The molecule has 3 aromatic rings. The quantitative estimate of drug-likeness (QED) is 0.660. The van der Waals surface area contributed by atoms with Crippen LogP contribution in [0.25, 0.3) is 0 Å². The maximum absolute atomic E-state index is 14.8. The van der Waals surface area contributed by atoms with Gasteiger partial charge in [-0.2, -0.15) is 0 Å². The van der Waals surface area contributed by atoms with Gasteiger partial charge in [0.2, 0.25) is 5.91 Å². The number of benzene rings is 2. The van der Waals surface area contributed by atoms with E-state index in [-0.39, 0.29) is 11.3 Å². The molecule has 30 heavy (non-hydrogen) atoms. The highest BCUT2D eigenvalue weighted by molar-refractivity contribution is 7.03. The fourth-order valence-electron chi connectivity index (χ4n) is 3.00. The zero-order valence-electron chi connectivity index (χ0n) is 17.2. The summed E-state index contributed by atoms with van der Waals surface area (Å²) in [6, 6.07) is 11.8. The monoisotopic (exact) mass is 426 g/mol. The van der Waals surface area contributed by atoms with Gasteiger partial charge in [0.1, 0.15) is 11.9 Å². The summed E-state index contributed by atoms with van der Waals surface area (Å²) in [7, 11) is 0. The zero-order chi connectivity index (χ0) is 21.9. The van der Waals surface area contributed by atoms with Crippen LogP contribution in [0.2, 0.25) is 0 Å². The predicted molar refractivity (Wildman–Crippen MR) is 115 cm³/mol. The summed E-state index contributed by atoms with van der Waals surface area (Å²) in [6.45, 7) is 7.39. The Hall–Kier alpha value is -3.13. The third kappa shape index (κ3) is 4.88. The van der Waals surface area contributed by atoms with Gasteiger partial charge < -0.3 is 5.32 Å². The van der Waals surface area contributed by atoms with E-state index in [0.717, 1.165) is 17.1 Å². The Balaban J connectivity index is 2.19. The summed E-state index contributed by atoms with van der Waals surface area (Å²) in [5.41, 5.74) is 1.05. The molecule has 1 atom stereocenters.